The molecule has 1 spiro atoms. The average molecular weight is 343 g/mol. The van der Waals surface area contributed by atoms with Crippen molar-refractivity contribution in [2.45, 2.75) is 33.2 Å². The molecule has 1 aromatic rings. The van der Waals surface area contributed by atoms with E-state index in [9.17, 15) is 13.2 Å². The largest absolute Gasteiger partial charge is 0.336 e. The second-order valence-corrected chi connectivity index (χ2v) is 9.59. The van der Waals surface area contributed by atoms with E-state index in [0.29, 0.717) is 32.6 Å². The number of likely N-dealkylation sites (tertiary alicyclic amines) is 1. The summed E-state index contributed by atoms with van der Waals surface area (Å²) in [5, 5.41) is 2.98. The molecule has 122 valence electrons. The third kappa shape index (κ3) is 2.91. The number of hydrogen-bond acceptors (Lipinski definition) is 5. The Hall–Kier alpha value is -0.990. The lowest BCUT2D eigenvalue weighted by molar-refractivity contribution is -0.128. The molecule has 0 radical (unpaired) electrons. The van der Waals surface area contributed by atoms with Crippen molar-refractivity contribution in [3.63, 3.8) is 0 Å². The quantitative estimate of drug-likeness (QED) is 0.824. The zero-order valence-corrected chi connectivity index (χ0v) is 14.5. The van der Waals surface area contributed by atoms with Gasteiger partial charge < -0.3 is 4.90 Å². The van der Waals surface area contributed by atoms with Gasteiger partial charge >= 0.3 is 0 Å². The number of amides is 1. The van der Waals surface area contributed by atoms with Crippen LogP contribution >= 0.6 is 11.3 Å². The Bertz CT molecular complexity index is 685. The second-order valence-electron chi connectivity index (χ2n) is 6.27. The van der Waals surface area contributed by atoms with Crippen LogP contribution in [0.3, 0.4) is 0 Å². The Labute approximate surface area is 135 Å². The maximum absolute atomic E-state index is 12.3. The molecule has 2 saturated heterocycles. The molecule has 1 unspecified atom stereocenters. The number of carbonyl (C=O) groups is 1. The maximum Gasteiger partial charge on any atom is 0.223 e. The zero-order chi connectivity index (χ0) is 16.0. The number of aromatic nitrogens is 1. The van der Waals surface area contributed by atoms with Crippen molar-refractivity contribution in [1.82, 2.24) is 14.2 Å². The van der Waals surface area contributed by atoms with Crippen LogP contribution in [0.2, 0.25) is 0 Å². The maximum atomic E-state index is 12.3. The summed E-state index contributed by atoms with van der Waals surface area (Å²) in [6.07, 6.45) is 1.22. The molecular formula is C14H21N3O3S2. The zero-order valence-electron chi connectivity index (χ0n) is 12.9. The Morgan fingerprint density at radius 2 is 2.18 bits per heavy atom. The summed E-state index contributed by atoms with van der Waals surface area (Å²) in [6.45, 7) is 5.79. The van der Waals surface area contributed by atoms with Crippen LogP contribution in [0.1, 0.15) is 30.5 Å². The number of aryl methyl sites for hydroxylation is 1. The molecule has 2 fully saturated rings. The molecule has 6 nitrogen and oxygen atoms in total. The lowest BCUT2D eigenvalue weighted by Crippen LogP contribution is -2.34. The number of rotatable bonds is 4. The molecule has 3 heterocycles. The van der Waals surface area contributed by atoms with Gasteiger partial charge in [0.2, 0.25) is 15.9 Å². The summed E-state index contributed by atoms with van der Waals surface area (Å²) < 4.78 is 25.6. The molecule has 0 aromatic carbocycles. The number of thiazole rings is 1. The van der Waals surface area contributed by atoms with Gasteiger partial charge in [-0.3, -0.25) is 4.79 Å². The lowest BCUT2D eigenvalue weighted by atomic mass is 9.86. The van der Waals surface area contributed by atoms with E-state index in [4.69, 9.17) is 0 Å². The first-order chi connectivity index (χ1) is 10.3. The molecule has 2 aliphatic rings. The first kappa shape index (κ1) is 15.9. The van der Waals surface area contributed by atoms with E-state index in [-0.39, 0.29) is 17.1 Å². The van der Waals surface area contributed by atoms with Crippen LogP contribution in [0.4, 0.5) is 0 Å². The molecule has 3 rings (SSSR count). The molecule has 22 heavy (non-hydrogen) atoms. The van der Waals surface area contributed by atoms with Crippen LogP contribution in [-0.4, -0.2) is 53.9 Å². The van der Waals surface area contributed by atoms with Gasteiger partial charge in [-0.25, -0.2) is 17.7 Å². The van der Waals surface area contributed by atoms with Crippen molar-refractivity contribution in [1.29, 1.82) is 0 Å². The molecule has 0 bridgehead atoms. The fraction of sp³-hybridized carbons (Fsp3) is 0.714. The van der Waals surface area contributed by atoms with Crippen molar-refractivity contribution in [2.24, 2.45) is 5.41 Å². The van der Waals surface area contributed by atoms with Crippen LogP contribution in [0.25, 0.3) is 0 Å². The molecular weight excluding hydrogens is 322 g/mol. The topological polar surface area (TPSA) is 70.6 Å². The lowest BCUT2D eigenvalue weighted by Gasteiger charge is -2.23. The Morgan fingerprint density at radius 1 is 1.41 bits per heavy atom. The smallest absolute Gasteiger partial charge is 0.223 e. The number of sulfonamides is 1. The van der Waals surface area contributed by atoms with E-state index >= 15 is 0 Å². The van der Waals surface area contributed by atoms with Crippen LogP contribution in [0.5, 0.6) is 0 Å². The van der Waals surface area contributed by atoms with Crippen molar-refractivity contribution in [3.8, 4) is 0 Å². The van der Waals surface area contributed by atoms with Crippen molar-refractivity contribution >= 4 is 27.3 Å². The van der Waals surface area contributed by atoms with Crippen LogP contribution in [0, 0.1) is 12.3 Å². The van der Waals surface area contributed by atoms with E-state index in [1.54, 1.807) is 22.6 Å². The second kappa shape index (κ2) is 5.58. The summed E-state index contributed by atoms with van der Waals surface area (Å²) >= 11 is 1.58. The van der Waals surface area contributed by atoms with Gasteiger partial charge in [-0.1, -0.05) is 0 Å². The average Bonchev–Trinajstić information content (AvgIpc) is 3.13. The van der Waals surface area contributed by atoms with Gasteiger partial charge in [0.05, 0.1) is 23.0 Å². The highest BCUT2D eigenvalue weighted by molar-refractivity contribution is 7.89. The molecule has 0 saturated carbocycles. The van der Waals surface area contributed by atoms with Crippen LogP contribution in [0.15, 0.2) is 5.38 Å². The SMILES string of the molecule is CCS(=O)(=O)N1CCC2(CC(=O)N(Cc3csc(C)n3)C2)C1. The molecule has 0 aliphatic carbocycles. The Morgan fingerprint density at radius 3 is 2.82 bits per heavy atom. The van der Waals surface area contributed by atoms with E-state index in [0.717, 1.165) is 17.1 Å². The minimum atomic E-state index is -3.16. The van der Waals surface area contributed by atoms with Gasteiger partial charge in [-0.15, -0.1) is 11.3 Å². The van der Waals surface area contributed by atoms with Gasteiger partial charge in [-0.05, 0) is 20.3 Å². The van der Waals surface area contributed by atoms with E-state index in [2.05, 4.69) is 4.98 Å². The minimum Gasteiger partial charge on any atom is -0.336 e. The summed E-state index contributed by atoms with van der Waals surface area (Å²) in [5.41, 5.74) is 0.716. The molecule has 1 aromatic heterocycles. The van der Waals surface area contributed by atoms with E-state index in [1.165, 1.54) is 0 Å². The van der Waals surface area contributed by atoms with Crippen molar-refractivity contribution in [3.05, 3.63) is 16.1 Å². The number of hydrogen-bond donors (Lipinski definition) is 0. The third-order valence-electron chi connectivity index (χ3n) is 4.59. The normalized spacial score (nSPS) is 26.5. The summed E-state index contributed by atoms with van der Waals surface area (Å²) in [4.78, 5) is 18.5. The van der Waals surface area contributed by atoms with Crippen LogP contribution < -0.4 is 0 Å². The van der Waals surface area contributed by atoms with Crippen molar-refractivity contribution < 1.29 is 13.2 Å². The third-order valence-corrected chi connectivity index (χ3v) is 7.24. The monoisotopic (exact) mass is 343 g/mol. The van der Waals surface area contributed by atoms with Crippen LogP contribution in [-0.2, 0) is 21.4 Å². The number of carbonyl (C=O) groups excluding carboxylic acids is 1. The van der Waals surface area contributed by atoms with Gasteiger partial charge in [-0.2, -0.15) is 0 Å². The van der Waals surface area contributed by atoms with E-state index < -0.39 is 10.0 Å². The molecule has 1 amide bonds. The minimum absolute atomic E-state index is 0.112. The number of nitrogens with zero attached hydrogens (tertiary/aromatic N) is 3. The highest BCUT2D eigenvalue weighted by Crippen LogP contribution is 2.41. The molecule has 0 N–H and O–H groups in total. The standard InChI is InChI=1S/C14H21N3O3S2/c1-3-22(19,20)17-5-4-14(10-17)6-13(18)16(9-14)7-12-8-21-11(2)15-12/h8H,3-7,9-10H2,1-2H3. The fourth-order valence-electron chi connectivity index (χ4n) is 3.39. The highest BCUT2D eigenvalue weighted by atomic mass is 32.2. The predicted molar refractivity (Wildman–Crippen MR) is 85.0 cm³/mol. The predicted octanol–water partition coefficient (Wildman–Crippen LogP) is 1.23. The summed E-state index contributed by atoms with van der Waals surface area (Å²) in [7, 11) is -3.16. The van der Waals surface area contributed by atoms with E-state index in [1.807, 2.05) is 17.2 Å². The van der Waals surface area contributed by atoms with Gasteiger partial charge in [0.1, 0.15) is 0 Å². The van der Waals surface area contributed by atoms with Crippen molar-refractivity contribution in [2.75, 3.05) is 25.4 Å². The molecule has 2 aliphatic heterocycles. The van der Waals surface area contributed by atoms with Gasteiger partial charge in [0, 0.05) is 36.9 Å². The van der Waals surface area contributed by atoms with Gasteiger partial charge in [0.25, 0.3) is 0 Å². The molecule has 8 heteroatoms. The fourth-order valence-corrected chi connectivity index (χ4v) is 5.20. The van der Waals surface area contributed by atoms with Gasteiger partial charge in [0.15, 0.2) is 0 Å². The summed E-state index contributed by atoms with van der Waals surface area (Å²) in [5.74, 6) is 0.236. The first-order valence-electron chi connectivity index (χ1n) is 7.50. The Balaban J connectivity index is 1.69. The summed E-state index contributed by atoms with van der Waals surface area (Å²) in [6, 6.07) is 0. The Kier molecular flexibility index (Phi) is 4.03. The molecule has 1 atom stereocenters. The first-order valence-corrected chi connectivity index (χ1v) is 9.99. The highest BCUT2D eigenvalue weighted by Gasteiger charge is 2.49.